The van der Waals surface area contributed by atoms with E-state index >= 15 is 0 Å². The van der Waals surface area contributed by atoms with E-state index in [0.29, 0.717) is 5.92 Å². The molecule has 1 saturated carbocycles. The summed E-state index contributed by atoms with van der Waals surface area (Å²) < 4.78 is 0. The molecule has 0 bridgehead atoms. The minimum atomic E-state index is 0.542. The predicted octanol–water partition coefficient (Wildman–Crippen LogP) is 4.67. The first kappa shape index (κ1) is 15.0. The molecule has 1 aliphatic carbocycles. The molecular weight excluding hydrogens is 252 g/mol. The van der Waals surface area contributed by atoms with E-state index in [2.05, 4.69) is 26.1 Å². The van der Waals surface area contributed by atoms with Crippen LogP contribution in [0, 0.1) is 5.92 Å². The van der Waals surface area contributed by atoms with Crippen LogP contribution in [0.5, 0.6) is 0 Å². The second-order valence-electron chi connectivity index (χ2n) is 6.17. The van der Waals surface area contributed by atoms with Crippen LogP contribution in [0.25, 0.3) is 0 Å². The highest BCUT2D eigenvalue weighted by Crippen LogP contribution is 2.40. The smallest absolute Gasteiger partial charge is 0.0962 e. The highest BCUT2D eigenvalue weighted by molar-refractivity contribution is 7.11. The van der Waals surface area contributed by atoms with Crippen LogP contribution in [0.15, 0.2) is 0 Å². The van der Waals surface area contributed by atoms with Crippen molar-refractivity contribution >= 4 is 11.3 Å². The molecule has 0 saturated heterocycles. The molecule has 0 spiro atoms. The second kappa shape index (κ2) is 6.85. The maximum Gasteiger partial charge on any atom is 0.0962 e. The molecule has 0 atom stereocenters. The van der Waals surface area contributed by atoms with Crippen LogP contribution in [-0.4, -0.2) is 12.0 Å². The van der Waals surface area contributed by atoms with Crippen LogP contribution in [0.4, 0.5) is 0 Å². The van der Waals surface area contributed by atoms with E-state index in [1.165, 1.54) is 47.7 Å². The standard InChI is InChI=1S/C16H28N2S/c1-5-12-6-8-13(9-7-12)16-18-15(11(2)3)14(19-16)10-17-4/h11-13,17H,5-10H2,1-4H3. The van der Waals surface area contributed by atoms with Gasteiger partial charge in [-0.3, -0.25) is 0 Å². The molecule has 0 amide bonds. The quantitative estimate of drug-likeness (QED) is 0.848. The largest absolute Gasteiger partial charge is 0.315 e. The molecule has 3 heteroatoms. The molecule has 1 aromatic rings. The molecule has 1 heterocycles. The Labute approximate surface area is 122 Å². The highest BCUT2D eigenvalue weighted by Gasteiger charge is 2.25. The van der Waals surface area contributed by atoms with E-state index in [-0.39, 0.29) is 0 Å². The Balaban J connectivity index is 2.10. The Kier molecular flexibility index (Phi) is 5.40. The summed E-state index contributed by atoms with van der Waals surface area (Å²) in [6.07, 6.45) is 6.86. The summed E-state index contributed by atoms with van der Waals surface area (Å²) in [6.45, 7) is 7.81. The summed E-state index contributed by atoms with van der Waals surface area (Å²) in [5, 5.41) is 4.69. The SMILES string of the molecule is CCC1CCC(c2nc(C(C)C)c(CNC)s2)CC1. The lowest BCUT2D eigenvalue weighted by Crippen LogP contribution is -2.12. The third-order valence-corrected chi connectivity index (χ3v) is 5.64. The minimum Gasteiger partial charge on any atom is -0.315 e. The van der Waals surface area contributed by atoms with E-state index in [1.807, 2.05) is 18.4 Å². The van der Waals surface area contributed by atoms with Gasteiger partial charge in [0.2, 0.25) is 0 Å². The van der Waals surface area contributed by atoms with Gasteiger partial charge in [-0.05, 0) is 44.6 Å². The number of thiazole rings is 1. The molecule has 1 aromatic heterocycles. The van der Waals surface area contributed by atoms with Crippen molar-refractivity contribution in [2.45, 2.75) is 71.3 Å². The van der Waals surface area contributed by atoms with Gasteiger partial charge >= 0.3 is 0 Å². The number of rotatable bonds is 5. The van der Waals surface area contributed by atoms with Crippen molar-refractivity contribution in [3.63, 3.8) is 0 Å². The number of hydrogen-bond donors (Lipinski definition) is 1. The fourth-order valence-corrected chi connectivity index (χ4v) is 4.51. The summed E-state index contributed by atoms with van der Waals surface area (Å²) >= 11 is 1.95. The molecule has 2 nitrogen and oxygen atoms in total. The Morgan fingerprint density at radius 3 is 2.47 bits per heavy atom. The van der Waals surface area contributed by atoms with E-state index in [1.54, 1.807) is 0 Å². The Morgan fingerprint density at radius 1 is 1.26 bits per heavy atom. The molecular formula is C16H28N2S. The van der Waals surface area contributed by atoms with Crippen molar-refractivity contribution in [3.8, 4) is 0 Å². The summed E-state index contributed by atoms with van der Waals surface area (Å²) in [5.74, 6) is 2.24. The van der Waals surface area contributed by atoms with Crippen molar-refractivity contribution in [2.24, 2.45) is 5.92 Å². The maximum atomic E-state index is 4.98. The fourth-order valence-electron chi connectivity index (χ4n) is 3.11. The summed E-state index contributed by atoms with van der Waals surface area (Å²) in [6, 6.07) is 0. The Morgan fingerprint density at radius 2 is 1.95 bits per heavy atom. The van der Waals surface area contributed by atoms with Crippen molar-refractivity contribution in [3.05, 3.63) is 15.6 Å². The molecule has 0 radical (unpaired) electrons. The van der Waals surface area contributed by atoms with Crippen molar-refractivity contribution < 1.29 is 0 Å². The van der Waals surface area contributed by atoms with Crippen molar-refractivity contribution in [1.82, 2.24) is 10.3 Å². The summed E-state index contributed by atoms with van der Waals surface area (Å²) in [5.41, 5.74) is 1.33. The first-order valence-corrected chi connectivity index (χ1v) is 8.61. The van der Waals surface area contributed by atoms with Gasteiger partial charge in [0.25, 0.3) is 0 Å². The van der Waals surface area contributed by atoms with E-state index in [9.17, 15) is 0 Å². The van der Waals surface area contributed by atoms with Gasteiger partial charge in [0.15, 0.2) is 0 Å². The van der Waals surface area contributed by atoms with Gasteiger partial charge in [0.1, 0.15) is 0 Å². The second-order valence-corrected chi connectivity index (χ2v) is 7.29. The normalized spacial score (nSPS) is 24.1. The first-order chi connectivity index (χ1) is 9.15. The Hall–Kier alpha value is -0.410. The number of nitrogens with one attached hydrogen (secondary N) is 1. The van der Waals surface area contributed by atoms with Gasteiger partial charge in [0, 0.05) is 17.3 Å². The van der Waals surface area contributed by atoms with Crippen LogP contribution >= 0.6 is 11.3 Å². The predicted molar refractivity (Wildman–Crippen MR) is 84.0 cm³/mol. The van der Waals surface area contributed by atoms with E-state index in [0.717, 1.165) is 18.4 Å². The topological polar surface area (TPSA) is 24.9 Å². The van der Waals surface area contributed by atoms with E-state index < -0.39 is 0 Å². The zero-order chi connectivity index (χ0) is 13.8. The number of aromatic nitrogens is 1. The fraction of sp³-hybridized carbons (Fsp3) is 0.812. The van der Waals surface area contributed by atoms with E-state index in [4.69, 9.17) is 4.98 Å². The third kappa shape index (κ3) is 3.57. The minimum absolute atomic E-state index is 0.542. The molecule has 1 N–H and O–H groups in total. The van der Waals surface area contributed by atoms with Crippen LogP contribution in [-0.2, 0) is 6.54 Å². The number of nitrogens with zero attached hydrogens (tertiary/aromatic N) is 1. The van der Waals surface area contributed by atoms with Crippen LogP contribution in [0.1, 0.15) is 80.3 Å². The van der Waals surface area contributed by atoms with Gasteiger partial charge < -0.3 is 5.32 Å². The van der Waals surface area contributed by atoms with Crippen LogP contribution in [0.3, 0.4) is 0 Å². The van der Waals surface area contributed by atoms with Gasteiger partial charge in [-0.2, -0.15) is 0 Å². The van der Waals surface area contributed by atoms with Crippen molar-refractivity contribution in [1.29, 1.82) is 0 Å². The highest BCUT2D eigenvalue weighted by atomic mass is 32.1. The Bertz CT molecular complexity index is 389. The average molecular weight is 280 g/mol. The maximum absolute atomic E-state index is 4.98. The van der Waals surface area contributed by atoms with Crippen molar-refractivity contribution in [2.75, 3.05) is 7.05 Å². The molecule has 1 aliphatic rings. The number of hydrogen-bond acceptors (Lipinski definition) is 3. The zero-order valence-corrected chi connectivity index (χ0v) is 13.6. The lowest BCUT2D eigenvalue weighted by atomic mass is 9.81. The first-order valence-electron chi connectivity index (χ1n) is 7.79. The lowest BCUT2D eigenvalue weighted by Gasteiger charge is -2.26. The van der Waals surface area contributed by atoms with Gasteiger partial charge in [0.05, 0.1) is 10.7 Å². The van der Waals surface area contributed by atoms with Crippen LogP contribution < -0.4 is 5.32 Å². The van der Waals surface area contributed by atoms with Gasteiger partial charge in [-0.25, -0.2) is 4.98 Å². The van der Waals surface area contributed by atoms with Gasteiger partial charge in [-0.1, -0.05) is 27.2 Å². The summed E-state index contributed by atoms with van der Waals surface area (Å²) in [4.78, 5) is 6.43. The average Bonchev–Trinajstić information content (AvgIpc) is 2.83. The molecule has 0 aliphatic heterocycles. The molecule has 0 unspecified atom stereocenters. The molecule has 2 rings (SSSR count). The monoisotopic (exact) mass is 280 g/mol. The molecule has 0 aromatic carbocycles. The molecule has 108 valence electrons. The lowest BCUT2D eigenvalue weighted by molar-refractivity contribution is 0.318. The zero-order valence-electron chi connectivity index (χ0n) is 12.8. The van der Waals surface area contributed by atoms with Gasteiger partial charge in [-0.15, -0.1) is 11.3 Å². The summed E-state index contributed by atoms with van der Waals surface area (Å²) in [7, 11) is 2.02. The molecule has 1 fully saturated rings. The van der Waals surface area contributed by atoms with Crippen LogP contribution in [0.2, 0.25) is 0 Å². The third-order valence-electron chi connectivity index (χ3n) is 4.40. The molecule has 19 heavy (non-hydrogen) atoms.